The lowest BCUT2D eigenvalue weighted by Gasteiger charge is -2.23. The van der Waals surface area contributed by atoms with Crippen LogP contribution < -0.4 is 0 Å². The number of carbonyl (C=O) groups excluding carboxylic acids is 2. The molecule has 1 aromatic carbocycles. The van der Waals surface area contributed by atoms with Crippen molar-refractivity contribution in [2.45, 2.75) is 19.9 Å². The summed E-state index contributed by atoms with van der Waals surface area (Å²) in [5, 5.41) is 8.84. The maximum atomic E-state index is 12.2. The van der Waals surface area contributed by atoms with Gasteiger partial charge in [0.15, 0.2) is 0 Å². The lowest BCUT2D eigenvalue weighted by molar-refractivity contribution is -0.144. The van der Waals surface area contributed by atoms with Crippen molar-refractivity contribution in [3.8, 4) is 0 Å². The third-order valence-electron chi connectivity index (χ3n) is 3.39. The number of nitrogens with zero attached hydrogens (tertiary/aromatic N) is 2. The zero-order chi connectivity index (χ0) is 15.4. The highest BCUT2D eigenvalue weighted by Gasteiger charge is 2.29. The molecule has 1 N–H and O–H groups in total. The van der Waals surface area contributed by atoms with Crippen LogP contribution in [0.1, 0.15) is 29.3 Å². The van der Waals surface area contributed by atoms with Gasteiger partial charge in [-0.2, -0.15) is 0 Å². The van der Waals surface area contributed by atoms with E-state index in [1.165, 1.54) is 9.80 Å². The average Bonchev–Trinajstić information content (AvgIpc) is 2.75. The van der Waals surface area contributed by atoms with Gasteiger partial charge in [-0.15, -0.1) is 0 Å². The molecule has 2 rings (SSSR count). The predicted molar refractivity (Wildman–Crippen MR) is 75.7 cm³/mol. The Bertz CT molecular complexity index is 571. The summed E-state index contributed by atoms with van der Waals surface area (Å²) in [6.07, 6.45) is 0.674. The Kier molecular flexibility index (Phi) is 4.57. The first-order valence-electron chi connectivity index (χ1n) is 6.89. The van der Waals surface area contributed by atoms with Gasteiger partial charge in [-0.05, 0) is 18.1 Å². The van der Waals surface area contributed by atoms with Gasteiger partial charge in [0.1, 0.15) is 13.1 Å². The van der Waals surface area contributed by atoms with Gasteiger partial charge in [-0.3, -0.25) is 14.4 Å². The van der Waals surface area contributed by atoms with Crippen LogP contribution in [0.15, 0.2) is 24.3 Å². The second-order valence-corrected chi connectivity index (χ2v) is 5.03. The number of aliphatic carboxylic acids is 1. The average molecular weight is 290 g/mol. The van der Waals surface area contributed by atoms with Gasteiger partial charge in [0.05, 0.1) is 0 Å². The molecule has 0 aromatic heterocycles. The Morgan fingerprint density at radius 2 is 2.05 bits per heavy atom. The maximum Gasteiger partial charge on any atom is 0.323 e. The number of hydrogen-bond donors (Lipinski definition) is 1. The molecule has 112 valence electrons. The quantitative estimate of drug-likeness (QED) is 0.846. The number of hydrogen-bond acceptors (Lipinski definition) is 3. The van der Waals surface area contributed by atoms with Crippen molar-refractivity contribution in [3.05, 3.63) is 35.4 Å². The highest BCUT2D eigenvalue weighted by molar-refractivity contribution is 6.00. The molecule has 0 saturated carbocycles. The molecule has 6 nitrogen and oxygen atoms in total. The van der Waals surface area contributed by atoms with Crippen molar-refractivity contribution in [1.82, 2.24) is 9.80 Å². The van der Waals surface area contributed by atoms with E-state index in [1.54, 1.807) is 12.1 Å². The molecule has 1 heterocycles. The summed E-state index contributed by atoms with van der Waals surface area (Å²) in [4.78, 5) is 37.9. The lowest BCUT2D eigenvalue weighted by Crippen LogP contribution is -2.43. The fourth-order valence-electron chi connectivity index (χ4n) is 2.43. The van der Waals surface area contributed by atoms with Crippen LogP contribution in [0.5, 0.6) is 0 Å². The first kappa shape index (κ1) is 15.0. The van der Waals surface area contributed by atoms with Crippen molar-refractivity contribution in [3.63, 3.8) is 0 Å². The van der Waals surface area contributed by atoms with E-state index in [0.717, 1.165) is 5.56 Å². The summed E-state index contributed by atoms with van der Waals surface area (Å²) in [5.41, 5.74) is 1.51. The van der Waals surface area contributed by atoms with E-state index in [-0.39, 0.29) is 24.9 Å². The van der Waals surface area contributed by atoms with Gasteiger partial charge >= 0.3 is 5.97 Å². The van der Waals surface area contributed by atoms with E-state index < -0.39 is 5.97 Å². The van der Waals surface area contributed by atoms with Gasteiger partial charge in [-0.1, -0.05) is 25.1 Å². The van der Waals surface area contributed by atoms with Crippen LogP contribution in [0.25, 0.3) is 0 Å². The normalized spacial score (nSPS) is 13.2. The summed E-state index contributed by atoms with van der Waals surface area (Å²) in [6, 6.07) is 7.24. The topological polar surface area (TPSA) is 77.9 Å². The van der Waals surface area contributed by atoms with E-state index in [1.807, 2.05) is 19.1 Å². The molecule has 1 aromatic rings. The first-order valence-corrected chi connectivity index (χ1v) is 6.89. The number of rotatable bonds is 6. The second-order valence-electron chi connectivity index (χ2n) is 5.03. The fourth-order valence-corrected chi connectivity index (χ4v) is 2.43. The van der Waals surface area contributed by atoms with Crippen molar-refractivity contribution in [1.29, 1.82) is 0 Å². The minimum absolute atomic E-state index is 0.0825. The SMILES string of the molecule is CCCN(CC(=O)O)C(=O)CN1Cc2ccccc2C1=O. The summed E-state index contributed by atoms with van der Waals surface area (Å²) in [6.45, 7) is 2.23. The Balaban J connectivity index is 2.03. The monoisotopic (exact) mass is 290 g/mol. The van der Waals surface area contributed by atoms with E-state index in [2.05, 4.69) is 0 Å². The molecule has 1 aliphatic heterocycles. The zero-order valence-electron chi connectivity index (χ0n) is 11.9. The van der Waals surface area contributed by atoms with Gasteiger partial charge < -0.3 is 14.9 Å². The lowest BCUT2D eigenvalue weighted by atomic mass is 10.1. The van der Waals surface area contributed by atoms with Crippen molar-refractivity contribution < 1.29 is 19.5 Å². The van der Waals surface area contributed by atoms with Crippen molar-refractivity contribution >= 4 is 17.8 Å². The zero-order valence-corrected chi connectivity index (χ0v) is 11.9. The molecule has 1 aliphatic rings. The molecule has 0 spiro atoms. The summed E-state index contributed by atoms with van der Waals surface area (Å²) >= 11 is 0. The van der Waals surface area contributed by atoms with Gasteiger partial charge in [0, 0.05) is 18.7 Å². The number of amides is 2. The standard InChI is InChI=1S/C15H18N2O4/c1-2-7-16(10-14(19)20)13(18)9-17-8-11-5-3-4-6-12(11)15(17)21/h3-6H,2,7-10H2,1H3,(H,19,20). The third kappa shape index (κ3) is 3.39. The molecule has 0 fully saturated rings. The maximum absolute atomic E-state index is 12.2. The molecular weight excluding hydrogens is 272 g/mol. The summed E-state index contributed by atoms with van der Waals surface area (Å²) in [5.74, 6) is -1.56. The molecule has 0 bridgehead atoms. The van der Waals surface area contributed by atoms with E-state index in [9.17, 15) is 14.4 Å². The van der Waals surface area contributed by atoms with Crippen LogP contribution in [0.4, 0.5) is 0 Å². The smallest absolute Gasteiger partial charge is 0.323 e. The van der Waals surface area contributed by atoms with Crippen LogP contribution in [-0.4, -0.2) is 52.3 Å². The molecule has 0 atom stereocenters. The molecule has 21 heavy (non-hydrogen) atoms. The summed E-state index contributed by atoms with van der Waals surface area (Å²) < 4.78 is 0. The second kappa shape index (κ2) is 6.39. The molecule has 0 unspecified atom stereocenters. The highest BCUT2D eigenvalue weighted by Crippen LogP contribution is 2.22. The molecule has 2 amide bonds. The van der Waals surface area contributed by atoms with Crippen molar-refractivity contribution in [2.75, 3.05) is 19.6 Å². The predicted octanol–water partition coefficient (Wildman–Crippen LogP) is 0.966. The molecular formula is C15H18N2O4. The Labute approximate surface area is 123 Å². The Morgan fingerprint density at radius 3 is 2.67 bits per heavy atom. The number of benzene rings is 1. The van der Waals surface area contributed by atoms with Crippen LogP contribution in [0, 0.1) is 0 Å². The Morgan fingerprint density at radius 1 is 1.33 bits per heavy atom. The van der Waals surface area contributed by atoms with Gasteiger partial charge in [0.2, 0.25) is 5.91 Å². The van der Waals surface area contributed by atoms with Crippen LogP contribution in [0.3, 0.4) is 0 Å². The number of fused-ring (bicyclic) bond motifs is 1. The van der Waals surface area contributed by atoms with Crippen LogP contribution in [0.2, 0.25) is 0 Å². The van der Waals surface area contributed by atoms with Gasteiger partial charge in [-0.25, -0.2) is 0 Å². The number of carbonyl (C=O) groups is 3. The molecule has 0 saturated heterocycles. The summed E-state index contributed by atoms with van der Waals surface area (Å²) in [7, 11) is 0. The largest absolute Gasteiger partial charge is 0.480 e. The Hall–Kier alpha value is -2.37. The minimum Gasteiger partial charge on any atom is -0.480 e. The third-order valence-corrected chi connectivity index (χ3v) is 3.39. The van der Waals surface area contributed by atoms with E-state index in [0.29, 0.717) is 25.1 Å². The van der Waals surface area contributed by atoms with Crippen molar-refractivity contribution in [2.24, 2.45) is 0 Å². The van der Waals surface area contributed by atoms with Crippen LogP contribution >= 0.6 is 0 Å². The number of carboxylic acids is 1. The van der Waals surface area contributed by atoms with E-state index >= 15 is 0 Å². The molecule has 6 heteroatoms. The van der Waals surface area contributed by atoms with E-state index in [4.69, 9.17) is 5.11 Å². The minimum atomic E-state index is -1.05. The van der Waals surface area contributed by atoms with Gasteiger partial charge in [0.25, 0.3) is 5.91 Å². The number of carboxylic acid groups (broad SMARTS) is 1. The highest BCUT2D eigenvalue weighted by atomic mass is 16.4. The molecule has 0 radical (unpaired) electrons. The molecule has 0 aliphatic carbocycles. The van der Waals surface area contributed by atoms with Crippen LogP contribution in [-0.2, 0) is 16.1 Å². The fraction of sp³-hybridized carbons (Fsp3) is 0.400. The first-order chi connectivity index (χ1) is 10.0.